The fraction of sp³-hybridized carbons (Fsp3) is 0.485. The van der Waals surface area contributed by atoms with Gasteiger partial charge in [0.15, 0.2) is 0 Å². The first-order valence-electron chi connectivity index (χ1n) is 15.3. The van der Waals surface area contributed by atoms with Gasteiger partial charge in [-0.05, 0) is 55.8 Å². The summed E-state index contributed by atoms with van der Waals surface area (Å²) in [6, 6.07) is 12.7. The van der Waals surface area contributed by atoms with Gasteiger partial charge in [0.2, 0.25) is 5.91 Å². The molecule has 0 radical (unpaired) electrons. The van der Waals surface area contributed by atoms with E-state index in [-0.39, 0.29) is 17.5 Å². The first-order valence-corrected chi connectivity index (χ1v) is 15.7. The molecule has 0 N–H and O–H groups in total. The zero-order valence-corrected chi connectivity index (χ0v) is 25.4. The van der Waals surface area contributed by atoms with Crippen LogP contribution in [0.4, 0.5) is 15.9 Å². The van der Waals surface area contributed by atoms with Gasteiger partial charge in [-0.2, -0.15) is 9.97 Å². The Morgan fingerprint density at radius 1 is 1.21 bits per heavy atom. The number of carbonyl (C=O) groups excluding carboxylic acids is 1. The van der Waals surface area contributed by atoms with E-state index in [0.29, 0.717) is 45.2 Å². The maximum Gasteiger partial charge on any atom is 0.318 e. The minimum absolute atomic E-state index is 0.0443. The van der Waals surface area contributed by atoms with Crippen molar-refractivity contribution < 1.29 is 13.9 Å². The Hall–Kier alpha value is -3.43. The average Bonchev–Trinajstić information content (AvgIpc) is 3.73. The van der Waals surface area contributed by atoms with E-state index in [2.05, 4.69) is 52.6 Å². The van der Waals surface area contributed by atoms with Crippen LogP contribution in [0.25, 0.3) is 10.8 Å². The highest BCUT2D eigenvalue weighted by Gasteiger charge is 2.49. The monoisotopic (exact) mass is 604 g/mol. The summed E-state index contributed by atoms with van der Waals surface area (Å²) in [6.07, 6.45) is 4.65. The van der Waals surface area contributed by atoms with Gasteiger partial charge < -0.3 is 19.4 Å². The third kappa shape index (κ3) is 5.10. The van der Waals surface area contributed by atoms with E-state index < -0.39 is 6.17 Å². The van der Waals surface area contributed by atoms with Gasteiger partial charge in [0, 0.05) is 62.3 Å². The second-order valence-electron chi connectivity index (χ2n) is 12.4. The minimum atomic E-state index is -0.820. The Bertz CT molecular complexity index is 1560. The molecular formula is C33H38ClFN6O2. The van der Waals surface area contributed by atoms with Crippen LogP contribution < -0.4 is 14.5 Å². The predicted octanol–water partition coefficient (Wildman–Crippen LogP) is 5.02. The molecule has 0 unspecified atom stereocenters. The highest BCUT2D eigenvalue weighted by atomic mass is 35.5. The summed E-state index contributed by atoms with van der Waals surface area (Å²) >= 11 is 6.70. The van der Waals surface area contributed by atoms with E-state index in [1.165, 1.54) is 6.08 Å². The number of alkyl halides is 1. The molecule has 226 valence electrons. The lowest BCUT2D eigenvalue weighted by Gasteiger charge is -2.35. The Labute approximate surface area is 257 Å². The lowest BCUT2D eigenvalue weighted by atomic mass is 9.95. The first-order chi connectivity index (χ1) is 20.8. The van der Waals surface area contributed by atoms with Gasteiger partial charge in [0.25, 0.3) is 0 Å². The van der Waals surface area contributed by atoms with Gasteiger partial charge in [-0.3, -0.25) is 9.69 Å². The SMILES string of the molecule is C=CC(=O)N1CC[C@@H](N(C)c2nc(OC[C@]34CCCN3C[C@@H](F)C4)nc3c2CCN(c2cccc4cccc(Cl)c24)C3)C1. The number of likely N-dealkylation sites (N-methyl/N-ethyl adjacent to an activating group) is 1. The van der Waals surface area contributed by atoms with E-state index in [0.717, 1.165) is 77.3 Å². The van der Waals surface area contributed by atoms with Crippen molar-refractivity contribution in [2.24, 2.45) is 0 Å². The predicted molar refractivity (Wildman–Crippen MR) is 168 cm³/mol. The van der Waals surface area contributed by atoms with Crippen molar-refractivity contribution in [2.75, 3.05) is 56.2 Å². The molecule has 3 atom stereocenters. The number of halogens is 2. The topological polar surface area (TPSA) is 65.0 Å². The molecule has 0 aliphatic carbocycles. The largest absolute Gasteiger partial charge is 0.461 e. The molecular weight excluding hydrogens is 567 g/mol. The van der Waals surface area contributed by atoms with Crippen LogP contribution in [0.3, 0.4) is 0 Å². The zero-order valence-electron chi connectivity index (χ0n) is 24.6. The summed E-state index contributed by atoms with van der Waals surface area (Å²) in [6.45, 7) is 8.12. The molecule has 0 bridgehead atoms. The van der Waals surface area contributed by atoms with Gasteiger partial charge >= 0.3 is 6.01 Å². The third-order valence-electron chi connectivity index (χ3n) is 9.96. The zero-order chi connectivity index (χ0) is 29.7. The highest BCUT2D eigenvalue weighted by molar-refractivity contribution is 6.36. The van der Waals surface area contributed by atoms with Crippen LogP contribution in [0.5, 0.6) is 6.01 Å². The van der Waals surface area contributed by atoms with Crippen LogP contribution in [0.2, 0.25) is 5.02 Å². The molecule has 5 heterocycles. The van der Waals surface area contributed by atoms with Crippen LogP contribution in [0.15, 0.2) is 49.1 Å². The van der Waals surface area contributed by atoms with Gasteiger partial charge in [0.1, 0.15) is 18.6 Å². The lowest BCUT2D eigenvalue weighted by molar-refractivity contribution is -0.125. The number of ether oxygens (including phenoxy) is 1. The number of hydrogen-bond acceptors (Lipinski definition) is 7. The van der Waals surface area contributed by atoms with Crippen molar-refractivity contribution in [2.45, 2.75) is 56.4 Å². The second kappa shape index (κ2) is 11.2. The maximum absolute atomic E-state index is 14.5. The molecule has 0 saturated carbocycles. The van der Waals surface area contributed by atoms with Crippen LogP contribution in [0.1, 0.15) is 36.9 Å². The number of benzene rings is 2. The summed E-state index contributed by atoms with van der Waals surface area (Å²) in [5.74, 6) is 0.807. The van der Waals surface area contributed by atoms with E-state index in [4.69, 9.17) is 26.3 Å². The van der Waals surface area contributed by atoms with Crippen molar-refractivity contribution in [1.29, 1.82) is 0 Å². The molecule has 4 aliphatic rings. The number of amides is 1. The van der Waals surface area contributed by atoms with Crippen molar-refractivity contribution in [1.82, 2.24) is 19.8 Å². The summed E-state index contributed by atoms with van der Waals surface area (Å²) in [4.78, 5) is 30.9. The van der Waals surface area contributed by atoms with Crippen molar-refractivity contribution in [3.05, 3.63) is 65.3 Å². The van der Waals surface area contributed by atoms with Gasteiger partial charge in [-0.25, -0.2) is 4.39 Å². The van der Waals surface area contributed by atoms with Crippen molar-refractivity contribution >= 4 is 39.8 Å². The van der Waals surface area contributed by atoms with Crippen molar-refractivity contribution in [3.63, 3.8) is 0 Å². The molecule has 4 aliphatic heterocycles. The number of nitrogens with zero attached hydrogens (tertiary/aromatic N) is 6. The van der Waals surface area contributed by atoms with Crippen LogP contribution in [-0.2, 0) is 17.8 Å². The van der Waals surface area contributed by atoms with Crippen LogP contribution in [-0.4, -0.2) is 89.8 Å². The molecule has 2 aromatic carbocycles. The average molecular weight is 605 g/mol. The molecule has 3 aromatic rings. The Morgan fingerprint density at radius 3 is 2.88 bits per heavy atom. The number of aromatic nitrogens is 2. The Balaban J connectivity index is 1.22. The molecule has 8 nitrogen and oxygen atoms in total. The van der Waals surface area contributed by atoms with E-state index in [1.807, 2.05) is 17.0 Å². The van der Waals surface area contributed by atoms with Crippen molar-refractivity contribution in [3.8, 4) is 6.01 Å². The number of anilines is 2. The standard InChI is InChI=1S/C33H38ClFN6O2/c1-3-29(42)40-15-11-24(19-40)38(2)31-25-12-16-39(28-10-5-8-22-7-4-9-26(34)30(22)28)20-27(25)36-32(37-31)43-21-33-13-6-14-41(33)18-23(35)17-33/h3-5,7-10,23-24H,1,6,11-21H2,2H3/t23-,24+,33+/m0/s1. The molecule has 43 heavy (non-hydrogen) atoms. The molecule has 10 heteroatoms. The van der Waals surface area contributed by atoms with Gasteiger partial charge in [-0.15, -0.1) is 0 Å². The molecule has 0 spiro atoms. The third-order valence-corrected chi connectivity index (χ3v) is 10.3. The maximum atomic E-state index is 14.5. The normalized spacial score (nSPS) is 25.2. The summed E-state index contributed by atoms with van der Waals surface area (Å²) in [5, 5.41) is 2.87. The fourth-order valence-electron chi connectivity index (χ4n) is 7.70. The minimum Gasteiger partial charge on any atom is -0.461 e. The Morgan fingerprint density at radius 2 is 2.05 bits per heavy atom. The van der Waals surface area contributed by atoms with Gasteiger partial charge in [0.05, 0.1) is 22.8 Å². The van der Waals surface area contributed by atoms with Crippen LogP contribution >= 0.6 is 11.6 Å². The lowest BCUT2D eigenvalue weighted by Crippen LogP contribution is -2.44. The highest BCUT2D eigenvalue weighted by Crippen LogP contribution is 2.41. The fourth-order valence-corrected chi connectivity index (χ4v) is 7.98. The van der Waals surface area contributed by atoms with E-state index >= 15 is 0 Å². The number of carbonyl (C=O) groups is 1. The smallest absolute Gasteiger partial charge is 0.318 e. The number of likely N-dealkylation sites (tertiary alicyclic amines) is 1. The summed E-state index contributed by atoms with van der Waals surface area (Å²) in [7, 11) is 2.05. The summed E-state index contributed by atoms with van der Waals surface area (Å²) < 4.78 is 20.9. The van der Waals surface area contributed by atoms with E-state index in [9.17, 15) is 9.18 Å². The quantitative estimate of drug-likeness (QED) is 0.351. The molecule has 1 amide bonds. The summed E-state index contributed by atoms with van der Waals surface area (Å²) in [5.41, 5.74) is 2.83. The van der Waals surface area contributed by atoms with Gasteiger partial charge in [-0.1, -0.05) is 42.4 Å². The van der Waals surface area contributed by atoms with Crippen LogP contribution in [0, 0.1) is 0 Å². The molecule has 3 fully saturated rings. The molecule has 3 saturated heterocycles. The Kier molecular flexibility index (Phi) is 7.42. The molecule has 1 aromatic heterocycles. The number of hydrogen-bond donors (Lipinski definition) is 0. The number of rotatable bonds is 7. The van der Waals surface area contributed by atoms with E-state index in [1.54, 1.807) is 0 Å². The first kappa shape index (κ1) is 28.3. The number of fused-ring (bicyclic) bond motifs is 3. The second-order valence-corrected chi connectivity index (χ2v) is 12.9. The molecule has 7 rings (SSSR count).